The van der Waals surface area contributed by atoms with Crippen molar-refractivity contribution in [2.75, 3.05) is 26.0 Å². The van der Waals surface area contributed by atoms with Gasteiger partial charge in [0.2, 0.25) is 5.95 Å². The summed E-state index contributed by atoms with van der Waals surface area (Å²) < 4.78 is 7.74. The van der Waals surface area contributed by atoms with Crippen LogP contribution in [0.2, 0.25) is 0 Å². The number of aryl methyl sites for hydroxylation is 1. The van der Waals surface area contributed by atoms with E-state index in [0.29, 0.717) is 31.3 Å². The SMILES string of the molecule is Cc1cc2c(C(=O)N(C)C)cccc2n1-c1nc2c(c(NCc3ccccc3)n1)COCC2. The van der Waals surface area contributed by atoms with Gasteiger partial charge >= 0.3 is 0 Å². The van der Waals surface area contributed by atoms with Crippen molar-refractivity contribution >= 4 is 22.6 Å². The van der Waals surface area contributed by atoms with Crippen LogP contribution in [0.4, 0.5) is 5.82 Å². The summed E-state index contributed by atoms with van der Waals surface area (Å²) in [6.45, 7) is 3.83. The molecule has 7 heteroatoms. The summed E-state index contributed by atoms with van der Waals surface area (Å²) in [7, 11) is 3.54. The highest BCUT2D eigenvalue weighted by Gasteiger charge is 2.22. The molecule has 168 valence electrons. The van der Waals surface area contributed by atoms with E-state index in [1.165, 1.54) is 5.56 Å². The number of nitrogens with one attached hydrogen (secondary N) is 1. The standard InChI is InChI=1S/C26H27N5O2/c1-17-14-20-19(25(32)30(2)3)10-7-11-23(20)31(17)26-28-22-12-13-33-16-21(22)24(29-26)27-15-18-8-5-4-6-9-18/h4-11,14H,12-13,15-16H2,1-3H3,(H,27,28,29). The van der Waals surface area contributed by atoms with E-state index in [2.05, 4.69) is 17.4 Å². The van der Waals surface area contributed by atoms with Gasteiger partial charge in [-0.05, 0) is 30.7 Å². The molecule has 5 rings (SSSR count). The van der Waals surface area contributed by atoms with Crippen molar-refractivity contribution in [1.82, 2.24) is 19.4 Å². The quantitative estimate of drug-likeness (QED) is 0.505. The third-order valence-corrected chi connectivity index (χ3v) is 5.98. The lowest BCUT2D eigenvalue weighted by atomic mass is 10.1. The molecule has 0 bridgehead atoms. The maximum Gasteiger partial charge on any atom is 0.254 e. The number of carbonyl (C=O) groups excluding carboxylic acids is 1. The Morgan fingerprint density at radius 3 is 2.73 bits per heavy atom. The van der Waals surface area contributed by atoms with Gasteiger partial charge in [0.15, 0.2) is 0 Å². The first kappa shape index (κ1) is 21.2. The summed E-state index contributed by atoms with van der Waals surface area (Å²) in [5.41, 5.74) is 5.76. The van der Waals surface area contributed by atoms with Crippen molar-refractivity contribution in [2.45, 2.75) is 26.5 Å². The molecule has 2 aromatic heterocycles. The van der Waals surface area contributed by atoms with Gasteiger partial charge in [0.05, 0.1) is 24.4 Å². The molecule has 0 aliphatic carbocycles. The summed E-state index contributed by atoms with van der Waals surface area (Å²) in [5.74, 6) is 1.37. The van der Waals surface area contributed by atoms with Gasteiger partial charge in [-0.1, -0.05) is 36.4 Å². The van der Waals surface area contributed by atoms with E-state index in [1.54, 1.807) is 19.0 Å². The topological polar surface area (TPSA) is 72.3 Å². The molecular formula is C26H27N5O2. The molecule has 1 N–H and O–H groups in total. The lowest BCUT2D eigenvalue weighted by Crippen LogP contribution is -2.21. The molecule has 0 radical (unpaired) electrons. The van der Waals surface area contributed by atoms with Crippen LogP contribution >= 0.6 is 0 Å². The summed E-state index contributed by atoms with van der Waals surface area (Å²) in [6, 6.07) is 18.1. The first-order valence-electron chi connectivity index (χ1n) is 11.1. The third-order valence-electron chi connectivity index (χ3n) is 5.98. The smallest absolute Gasteiger partial charge is 0.254 e. The van der Waals surface area contributed by atoms with Gasteiger partial charge in [0.25, 0.3) is 5.91 Å². The number of nitrogens with zero attached hydrogens (tertiary/aromatic N) is 4. The molecule has 0 saturated heterocycles. The minimum absolute atomic E-state index is 0.0218. The average molecular weight is 442 g/mol. The molecule has 0 fully saturated rings. The van der Waals surface area contributed by atoms with E-state index < -0.39 is 0 Å². The normalized spacial score (nSPS) is 13.1. The summed E-state index contributed by atoms with van der Waals surface area (Å²) in [6.07, 6.45) is 0.744. The Balaban J connectivity index is 1.61. The molecular weight excluding hydrogens is 414 g/mol. The van der Waals surface area contributed by atoms with Crippen LogP contribution in [0.1, 0.15) is 32.9 Å². The van der Waals surface area contributed by atoms with Gasteiger partial charge in [0, 0.05) is 49.3 Å². The van der Waals surface area contributed by atoms with E-state index in [0.717, 1.165) is 40.1 Å². The number of hydrogen-bond acceptors (Lipinski definition) is 5. The predicted octanol–water partition coefficient (Wildman–Crippen LogP) is 4.12. The first-order valence-corrected chi connectivity index (χ1v) is 11.1. The zero-order valence-electron chi connectivity index (χ0n) is 19.1. The number of ether oxygens (including phenoxy) is 1. The van der Waals surface area contributed by atoms with Crippen LogP contribution < -0.4 is 5.32 Å². The molecule has 2 aromatic carbocycles. The molecule has 1 aliphatic heterocycles. The van der Waals surface area contributed by atoms with Gasteiger partial charge in [-0.3, -0.25) is 9.36 Å². The largest absolute Gasteiger partial charge is 0.376 e. The number of fused-ring (bicyclic) bond motifs is 2. The number of aromatic nitrogens is 3. The fourth-order valence-corrected chi connectivity index (χ4v) is 4.30. The minimum atomic E-state index is -0.0218. The van der Waals surface area contributed by atoms with Gasteiger partial charge in [-0.25, -0.2) is 4.98 Å². The Bertz CT molecular complexity index is 1330. The van der Waals surface area contributed by atoms with E-state index in [9.17, 15) is 4.79 Å². The number of amides is 1. The fraction of sp³-hybridized carbons (Fsp3) is 0.269. The predicted molar refractivity (Wildman–Crippen MR) is 129 cm³/mol. The van der Waals surface area contributed by atoms with Gasteiger partial charge in [-0.15, -0.1) is 0 Å². The lowest BCUT2D eigenvalue weighted by molar-refractivity contribution is 0.0829. The second-order valence-corrected chi connectivity index (χ2v) is 8.50. The Kier molecular flexibility index (Phi) is 5.56. The molecule has 0 atom stereocenters. The van der Waals surface area contributed by atoms with Crippen molar-refractivity contribution in [3.8, 4) is 5.95 Å². The lowest BCUT2D eigenvalue weighted by Gasteiger charge is -2.21. The maximum atomic E-state index is 12.7. The van der Waals surface area contributed by atoms with Crippen LogP contribution in [0, 0.1) is 6.92 Å². The van der Waals surface area contributed by atoms with E-state index >= 15 is 0 Å². The Labute approximate surface area is 193 Å². The van der Waals surface area contributed by atoms with Gasteiger partial charge in [-0.2, -0.15) is 4.98 Å². The minimum Gasteiger partial charge on any atom is -0.376 e. The zero-order chi connectivity index (χ0) is 22.9. The number of hydrogen-bond donors (Lipinski definition) is 1. The van der Waals surface area contributed by atoms with Gasteiger partial charge < -0.3 is 15.0 Å². The first-order chi connectivity index (χ1) is 16.0. The highest BCUT2D eigenvalue weighted by molar-refractivity contribution is 6.06. The van der Waals surface area contributed by atoms with Crippen molar-refractivity contribution in [2.24, 2.45) is 0 Å². The number of rotatable bonds is 5. The van der Waals surface area contributed by atoms with Crippen LogP contribution in [-0.4, -0.2) is 46.0 Å². The van der Waals surface area contributed by atoms with Crippen LogP contribution in [0.15, 0.2) is 54.6 Å². The Morgan fingerprint density at radius 2 is 1.94 bits per heavy atom. The molecule has 33 heavy (non-hydrogen) atoms. The fourth-order valence-electron chi connectivity index (χ4n) is 4.30. The summed E-state index contributed by atoms with van der Waals surface area (Å²) in [4.78, 5) is 24.2. The van der Waals surface area contributed by atoms with E-state index in [4.69, 9.17) is 14.7 Å². The van der Waals surface area contributed by atoms with Crippen LogP contribution in [0.25, 0.3) is 16.9 Å². The molecule has 0 spiro atoms. The Hall–Kier alpha value is -3.71. The highest BCUT2D eigenvalue weighted by Crippen LogP contribution is 2.29. The number of carbonyl (C=O) groups is 1. The second kappa shape index (κ2) is 8.67. The molecule has 1 aliphatic rings. The van der Waals surface area contributed by atoms with Crippen molar-refractivity contribution < 1.29 is 9.53 Å². The second-order valence-electron chi connectivity index (χ2n) is 8.50. The van der Waals surface area contributed by atoms with Crippen molar-refractivity contribution in [3.05, 3.63) is 82.7 Å². The molecule has 7 nitrogen and oxygen atoms in total. The number of anilines is 1. The third kappa shape index (κ3) is 3.96. The van der Waals surface area contributed by atoms with E-state index in [-0.39, 0.29) is 5.91 Å². The van der Waals surface area contributed by atoms with Gasteiger partial charge in [0.1, 0.15) is 5.82 Å². The average Bonchev–Trinajstić information content (AvgIpc) is 3.18. The molecule has 1 amide bonds. The molecule has 3 heterocycles. The molecule has 4 aromatic rings. The monoisotopic (exact) mass is 441 g/mol. The summed E-state index contributed by atoms with van der Waals surface area (Å²) in [5, 5.41) is 4.40. The highest BCUT2D eigenvalue weighted by atomic mass is 16.5. The van der Waals surface area contributed by atoms with Crippen LogP contribution in [-0.2, 0) is 24.3 Å². The number of benzene rings is 2. The van der Waals surface area contributed by atoms with Crippen molar-refractivity contribution in [1.29, 1.82) is 0 Å². The maximum absolute atomic E-state index is 12.7. The van der Waals surface area contributed by atoms with E-state index in [1.807, 2.05) is 54.0 Å². The van der Waals surface area contributed by atoms with Crippen molar-refractivity contribution in [3.63, 3.8) is 0 Å². The van der Waals surface area contributed by atoms with Crippen LogP contribution in [0.3, 0.4) is 0 Å². The molecule has 0 saturated carbocycles. The molecule has 0 unspecified atom stereocenters. The summed E-state index contributed by atoms with van der Waals surface area (Å²) >= 11 is 0. The zero-order valence-corrected chi connectivity index (χ0v) is 19.1. The Morgan fingerprint density at radius 1 is 1.12 bits per heavy atom. The van der Waals surface area contributed by atoms with Crippen LogP contribution in [0.5, 0.6) is 0 Å².